The summed E-state index contributed by atoms with van der Waals surface area (Å²) in [5.41, 5.74) is 7.55. The molecule has 3 N–H and O–H groups in total. The first-order valence-corrected chi connectivity index (χ1v) is 6.31. The van der Waals surface area contributed by atoms with Crippen LogP contribution < -0.4 is 11.1 Å². The predicted octanol–water partition coefficient (Wildman–Crippen LogP) is 2.28. The summed E-state index contributed by atoms with van der Waals surface area (Å²) in [5.74, 6) is 0. The van der Waals surface area contributed by atoms with Gasteiger partial charge in [-0.05, 0) is 34.5 Å². The van der Waals surface area contributed by atoms with Gasteiger partial charge < -0.3 is 15.8 Å². The number of rotatable bonds is 3. The maximum atomic E-state index is 5.72. The van der Waals surface area contributed by atoms with E-state index in [4.69, 9.17) is 22.7 Å². The number of nitrogens with two attached hydrogens (primary N) is 1. The Morgan fingerprint density at radius 2 is 2.38 bits per heavy atom. The number of hydrogen-bond donors (Lipinski definition) is 2. The lowest BCUT2D eigenvalue weighted by Gasteiger charge is -2.16. The van der Waals surface area contributed by atoms with Crippen LogP contribution in [0, 0.1) is 0 Å². The van der Waals surface area contributed by atoms with E-state index in [1.165, 1.54) is 0 Å². The fraction of sp³-hybridized carbons (Fsp3) is 0.364. The molecule has 1 aliphatic heterocycles. The molecule has 0 aromatic heterocycles. The zero-order valence-electron chi connectivity index (χ0n) is 8.70. The molecule has 1 unspecified atom stereocenters. The van der Waals surface area contributed by atoms with E-state index in [9.17, 15) is 0 Å². The largest absolute Gasteiger partial charge is 0.389 e. The smallest absolute Gasteiger partial charge is 0.107 e. The van der Waals surface area contributed by atoms with Crippen LogP contribution in [0.1, 0.15) is 12.0 Å². The van der Waals surface area contributed by atoms with Crippen LogP contribution in [0.2, 0.25) is 0 Å². The van der Waals surface area contributed by atoms with Crippen LogP contribution in [0.25, 0.3) is 0 Å². The Bertz CT molecular complexity index is 405. The Labute approximate surface area is 108 Å². The molecule has 16 heavy (non-hydrogen) atoms. The van der Waals surface area contributed by atoms with Crippen molar-refractivity contribution in [2.24, 2.45) is 5.73 Å². The quantitative estimate of drug-likeness (QED) is 0.841. The number of thiocarbonyl (C=S) groups is 1. The first-order chi connectivity index (χ1) is 7.68. The first kappa shape index (κ1) is 11.8. The molecule has 0 saturated carbocycles. The summed E-state index contributed by atoms with van der Waals surface area (Å²) < 4.78 is 6.24. The molecule has 0 radical (unpaired) electrons. The Balaban J connectivity index is 2.25. The van der Waals surface area contributed by atoms with Crippen LogP contribution in [0.3, 0.4) is 0 Å². The molecule has 0 spiro atoms. The summed E-state index contributed by atoms with van der Waals surface area (Å²) >= 11 is 8.51. The van der Waals surface area contributed by atoms with Crippen LogP contribution in [-0.4, -0.2) is 24.2 Å². The summed E-state index contributed by atoms with van der Waals surface area (Å²) in [5, 5.41) is 3.41. The van der Waals surface area contributed by atoms with E-state index in [1.807, 2.05) is 18.2 Å². The molecule has 1 aliphatic rings. The molecule has 1 atom stereocenters. The van der Waals surface area contributed by atoms with Gasteiger partial charge in [0.2, 0.25) is 0 Å². The molecule has 2 rings (SSSR count). The van der Waals surface area contributed by atoms with E-state index in [2.05, 4.69) is 21.2 Å². The Morgan fingerprint density at radius 3 is 3.00 bits per heavy atom. The van der Waals surface area contributed by atoms with Crippen LogP contribution in [0.4, 0.5) is 5.69 Å². The summed E-state index contributed by atoms with van der Waals surface area (Å²) in [6.07, 6.45) is 1.02. The topological polar surface area (TPSA) is 47.3 Å². The van der Waals surface area contributed by atoms with Crippen molar-refractivity contribution < 1.29 is 4.74 Å². The molecular formula is C11H13BrN2OS. The fourth-order valence-corrected chi connectivity index (χ4v) is 2.69. The zero-order chi connectivity index (χ0) is 11.5. The number of halogens is 1. The van der Waals surface area contributed by atoms with E-state index in [1.54, 1.807) is 0 Å². The van der Waals surface area contributed by atoms with Gasteiger partial charge in [-0.1, -0.05) is 18.3 Å². The van der Waals surface area contributed by atoms with Gasteiger partial charge in [-0.3, -0.25) is 0 Å². The minimum atomic E-state index is 0.349. The first-order valence-electron chi connectivity index (χ1n) is 5.11. The second-order valence-corrected chi connectivity index (χ2v) is 5.03. The van der Waals surface area contributed by atoms with Gasteiger partial charge in [0.1, 0.15) is 4.99 Å². The highest BCUT2D eigenvalue weighted by molar-refractivity contribution is 9.10. The molecule has 1 aromatic rings. The average Bonchev–Trinajstić information content (AvgIpc) is 2.70. The highest BCUT2D eigenvalue weighted by Crippen LogP contribution is 2.26. The monoisotopic (exact) mass is 300 g/mol. The molecule has 5 heteroatoms. The lowest BCUT2D eigenvalue weighted by molar-refractivity contribution is 0.195. The summed E-state index contributed by atoms with van der Waals surface area (Å²) in [4.78, 5) is 0.397. The van der Waals surface area contributed by atoms with Crippen molar-refractivity contribution in [2.45, 2.75) is 12.5 Å². The van der Waals surface area contributed by atoms with Crippen LogP contribution in [0.15, 0.2) is 22.7 Å². The normalized spacial score (nSPS) is 19.7. The predicted molar refractivity (Wildman–Crippen MR) is 72.9 cm³/mol. The van der Waals surface area contributed by atoms with Gasteiger partial charge in [-0.25, -0.2) is 0 Å². The molecule has 3 nitrogen and oxygen atoms in total. The van der Waals surface area contributed by atoms with Crippen molar-refractivity contribution in [3.8, 4) is 0 Å². The molecular weight excluding hydrogens is 288 g/mol. The number of benzene rings is 1. The molecule has 0 amide bonds. The number of nitrogens with one attached hydrogen (secondary N) is 1. The molecule has 0 aliphatic carbocycles. The Morgan fingerprint density at radius 1 is 1.56 bits per heavy atom. The van der Waals surface area contributed by atoms with E-state index >= 15 is 0 Å². The van der Waals surface area contributed by atoms with Crippen LogP contribution >= 0.6 is 28.1 Å². The lowest BCUT2D eigenvalue weighted by Crippen LogP contribution is -2.22. The Hall–Kier alpha value is -0.650. The Kier molecular flexibility index (Phi) is 3.78. The third-order valence-electron chi connectivity index (χ3n) is 2.55. The number of hydrogen-bond acceptors (Lipinski definition) is 3. The fourth-order valence-electron chi connectivity index (χ4n) is 1.76. The van der Waals surface area contributed by atoms with Crippen molar-refractivity contribution in [3.05, 3.63) is 28.2 Å². The SMILES string of the molecule is NC(=S)c1c(Br)cccc1NC1CCOC1. The summed E-state index contributed by atoms with van der Waals surface area (Å²) in [6, 6.07) is 6.23. The highest BCUT2D eigenvalue weighted by atomic mass is 79.9. The molecule has 0 bridgehead atoms. The van der Waals surface area contributed by atoms with Crippen molar-refractivity contribution in [1.82, 2.24) is 0 Å². The second-order valence-electron chi connectivity index (χ2n) is 3.73. The lowest BCUT2D eigenvalue weighted by atomic mass is 10.1. The molecule has 1 saturated heterocycles. The molecule has 1 fully saturated rings. The maximum absolute atomic E-state index is 5.72. The molecule has 86 valence electrons. The van der Waals surface area contributed by atoms with Crippen LogP contribution in [0.5, 0.6) is 0 Å². The van der Waals surface area contributed by atoms with Gasteiger partial charge in [0.15, 0.2) is 0 Å². The van der Waals surface area contributed by atoms with E-state index in [-0.39, 0.29) is 0 Å². The number of anilines is 1. The maximum Gasteiger partial charge on any atom is 0.107 e. The third kappa shape index (κ3) is 2.53. The molecule has 1 heterocycles. The minimum absolute atomic E-state index is 0.349. The van der Waals surface area contributed by atoms with Gasteiger partial charge in [0.25, 0.3) is 0 Å². The third-order valence-corrected chi connectivity index (χ3v) is 3.41. The summed E-state index contributed by atoms with van der Waals surface area (Å²) in [6.45, 7) is 1.55. The van der Waals surface area contributed by atoms with Crippen LogP contribution in [-0.2, 0) is 4.74 Å². The zero-order valence-corrected chi connectivity index (χ0v) is 11.1. The molecule has 1 aromatic carbocycles. The highest BCUT2D eigenvalue weighted by Gasteiger charge is 2.17. The standard InChI is InChI=1S/C11H13BrN2OS/c12-8-2-1-3-9(10(8)11(13)16)14-7-4-5-15-6-7/h1-3,7,14H,4-6H2,(H2,13,16). The average molecular weight is 301 g/mol. The van der Waals surface area contributed by atoms with Gasteiger partial charge in [-0.2, -0.15) is 0 Å². The minimum Gasteiger partial charge on any atom is -0.389 e. The van der Waals surface area contributed by atoms with Crippen molar-refractivity contribution in [1.29, 1.82) is 0 Å². The van der Waals surface area contributed by atoms with E-state index in [0.29, 0.717) is 11.0 Å². The second kappa shape index (κ2) is 5.12. The summed E-state index contributed by atoms with van der Waals surface area (Å²) in [7, 11) is 0. The van der Waals surface area contributed by atoms with Gasteiger partial charge in [0, 0.05) is 22.3 Å². The van der Waals surface area contributed by atoms with E-state index < -0.39 is 0 Å². The van der Waals surface area contributed by atoms with Crippen molar-refractivity contribution >= 4 is 38.8 Å². The van der Waals surface area contributed by atoms with Crippen molar-refractivity contribution in [2.75, 3.05) is 18.5 Å². The number of ether oxygens (including phenoxy) is 1. The van der Waals surface area contributed by atoms with Gasteiger partial charge >= 0.3 is 0 Å². The van der Waals surface area contributed by atoms with Crippen molar-refractivity contribution in [3.63, 3.8) is 0 Å². The van der Waals surface area contributed by atoms with Gasteiger partial charge in [0.05, 0.1) is 12.6 Å². The van der Waals surface area contributed by atoms with Gasteiger partial charge in [-0.15, -0.1) is 0 Å². The van der Waals surface area contributed by atoms with E-state index in [0.717, 1.165) is 35.4 Å².